The zero-order chi connectivity index (χ0) is 15.3. The number of nitrogens with one attached hydrogen (secondary N) is 2. The first-order valence-electron chi connectivity index (χ1n) is 7.79. The smallest absolute Gasteiger partial charge is 0.240 e. The lowest BCUT2D eigenvalue weighted by atomic mass is 10.0. The molecule has 0 bridgehead atoms. The van der Waals surface area contributed by atoms with E-state index >= 15 is 0 Å². The number of hydrogen-bond acceptors (Lipinski definition) is 3. The monoisotopic (exact) mass is 310 g/mol. The number of sulfonamides is 1. The average molecular weight is 310 g/mol. The molecule has 118 valence electrons. The standard InChI is InChI=1S/C16H26N2O2S/c1-13(2)12-14-5-7-16(8-6-14)21(19,20)18-11-9-15-4-3-10-17-15/h5-8,13,15,17-18H,3-4,9-12H2,1-2H3. The van der Waals surface area contributed by atoms with Crippen molar-refractivity contribution in [3.05, 3.63) is 29.8 Å². The third kappa shape index (κ3) is 5.09. The second-order valence-corrected chi connectivity index (χ2v) is 7.99. The highest BCUT2D eigenvalue weighted by molar-refractivity contribution is 7.89. The average Bonchev–Trinajstić information content (AvgIpc) is 2.91. The van der Waals surface area contributed by atoms with E-state index in [4.69, 9.17) is 0 Å². The molecule has 1 aliphatic heterocycles. The van der Waals surface area contributed by atoms with Crippen LogP contribution in [-0.4, -0.2) is 27.5 Å². The molecule has 0 aromatic heterocycles. The maximum absolute atomic E-state index is 12.2. The van der Waals surface area contributed by atoms with Crippen LogP contribution in [0.2, 0.25) is 0 Å². The number of hydrogen-bond donors (Lipinski definition) is 2. The Morgan fingerprint density at radius 1 is 1.29 bits per heavy atom. The van der Waals surface area contributed by atoms with Crippen molar-refractivity contribution in [3.63, 3.8) is 0 Å². The van der Waals surface area contributed by atoms with Crippen molar-refractivity contribution < 1.29 is 8.42 Å². The minimum Gasteiger partial charge on any atom is -0.314 e. The lowest BCUT2D eigenvalue weighted by molar-refractivity contribution is 0.539. The molecule has 1 saturated heterocycles. The third-order valence-electron chi connectivity index (χ3n) is 3.82. The van der Waals surface area contributed by atoms with Crippen LogP contribution in [0.3, 0.4) is 0 Å². The van der Waals surface area contributed by atoms with Gasteiger partial charge in [0.15, 0.2) is 0 Å². The van der Waals surface area contributed by atoms with E-state index in [1.54, 1.807) is 12.1 Å². The summed E-state index contributed by atoms with van der Waals surface area (Å²) in [5, 5.41) is 3.37. The van der Waals surface area contributed by atoms with Gasteiger partial charge < -0.3 is 5.32 Å². The molecule has 21 heavy (non-hydrogen) atoms. The maximum Gasteiger partial charge on any atom is 0.240 e. The highest BCUT2D eigenvalue weighted by Gasteiger charge is 2.17. The zero-order valence-corrected chi connectivity index (χ0v) is 13.7. The number of benzene rings is 1. The predicted octanol–water partition coefficient (Wildman–Crippen LogP) is 2.31. The molecule has 1 aliphatic rings. The summed E-state index contributed by atoms with van der Waals surface area (Å²) in [4.78, 5) is 0.356. The summed E-state index contributed by atoms with van der Waals surface area (Å²) < 4.78 is 27.1. The van der Waals surface area contributed by atoms with Gasteiger partial charge in [-0.15, -0.1) is 0 Å². The van der Waals surface area contributed by atoms with Crippen LogP contribution in [0.25, 0.3) is 0 Å². The summed E-state index contributed by atoms with van der Waals surface area (Å²) in [6, 6.07) is 7.68. The second kappa shape index (κ2) is 7.38. The van der Waals surface area contributed by atoms with Crippen LogP contribution in [0.15, 0.2) is 29.2 Å². The van der Waals surface area contributed by atoms with Crippen LogP contribution in [0, 0.1) is 5.92 Å². The highest BCUT2D eigenvalue weighted by atomic mass is 32.2. The number of rotatable bonds is 7. The summed E-state index contributed by atoms with van der Waals surface area (Å²) in [5.74, 6) is 0.574. The van der Waals surface area contributed by atoms with E-state index in [9.17, 15) is 8.42 Å². The molecule has 5 heteroatoms. The van der Waals surface area contributed by atoms with E-state index in [-0.39, 0.29) is 0 Å². The van der Waals surface area contributed by atoms with Crippen molar-refractivity contribution in [3.8, 4) is 0 Å². The van der Waals surface area contributed by atoms with Gasteiger partial charge in [-0.1, -0.05) is 26.0 Å². The summed E-state index contributed by atoms with van der Waals surface area (Å²) in [6.45, 7) is 5.86. The Hall–Kier alpha value is -0.910. The van der Waals surface area contributed by atoms with E-state index < -0.39 is 10.0 Å². The van der Waals surface area contributed by atoms with Gasteiger partial charge in [-0.05, 0) is 55.8 Å². The largest absolute Gasteiger partial charge is 0.314 e. The van der Waals surface area contributed by atoms with Crippen molar-refractivity contribution in [2.45, 2.75) is 50.5 Å². The van der Waals surface area contributed by atoms with Gasteiger partial charge in [-0.25, -0.2) is 13.1 Å². The predicted molar refractivity (Wildman–Crippen MR) is 85.8 cm³/mol. The van der Waals surface area contributed by atoms with Crippen LogP contribution >= 0.6 is 0 Å². The molecule has 0 amide bonds. The van der Waals surface area contributed by atoms with Crippen molar-refractivity contribution in [1.82, 2.24) is 10.0 Å². The first kappa shape index (κ1) is 16.5. The molecule has 0 saturated carbocycles. The molecule has 1 atom stereocenters. The summed E-state index contributed by atoms with van der Waals surface area (Å²) in [5.41, 5.74) is 1.18. The van der Waals surface area contributed by atoms with Crippen LogP contribution in [0.4, 0.5) is 0 Å². The first-order valence-corrected chi connectivity index (χ1v) is 9.27. The Bertz CT molecular complexity index is 532. The SMILES string of the molecule is CC(C)Cc1ccc(S(=O)(=O)NCCC2CCCN2)cc1. The molecule has 0 spiro atoms. The Morgan fingerprint density at radius 3 is 2.57 bits per heavy atom. The summed E-state index contributed by atoms with van der Waals surface area (Å²) in [6.07, 6.45) is 4.16. The molecule has 1 fully saturated rings. The normalized spacial score (nSPS) is 19.3. The fraction of sp³-hybridized carbons (Fsp3) is 0.625. The Morgan fingerprint density at radius 2 is 2.00 bits per heavy atom. The molecular weight excluding hydrogens is 284 g/mol. The molecular formula is C16H26N2O2S. The molecule has 1 heterocycles. The van der Waals surface area contributed by atoms with Gasteiger partial charge in [0.05, 0.1) is 4.90 Å². The van der Waals surface area contributed by atoms with Crippen molar-refractivity contribution in [2.24, 2.45) is 5.92 Å². The first-order chi connectivity index (χ1) is 9.97. The third-order valence-corrected chi connectivity index (χ3v) is 5.30. The van der Waals surface area contributed by atoms with E-state index in [0.717, 1.165) is 25.8 Å². The zero-order valence-electron chi connectivity index (χ0n) is 12.9. The Balaban J connectivity index is 1.88. The lowest BCUT2D eigenvalue weighted by Crippen LogP contribution is -2.30. The summed E-state index contributed by atoms with van der Waals surface area (Å²) in [7, 11) is -3.37. The maximum atomic E-state index is 12.2. The second-order valence-electron chi connectivity index (χ2n) is 6.22. The molecule has 4 nitrogen and oxygen atoms in total. The van der Waals surface area contributed by atoms with Gasteiger partial charge in [0.1, 0.15) is 0 Å². The van der Waals surface area contributed by atoms with Crippen LogP contribution in [0.5, 0.6) is 0 Å². The van der Waals surface area contributed by atoms with Crippen LogP contribution < -0.4 is 10.0 Å². The fourth-order valence-corrected chi connectivity index (χ4v) is 3.78. The van der Waals surface area contributed by atoms with E-state index in [2.05, 4.69) is 23.9 Å². The minimum atomic E-state index is -3.37. The fourth-order valence-electron chi connectivity index (χ4n) is 2.73. The quantitative estimate of drug-likeness (QED) is 0.812. The van der Waals surface area contributed by atoms with E-state index in [1.807, 2.05) is 12.1 Å². The molecule has 2 N–H and O–H groups in total. The van der Waals surface area contributed by atoms with Gasteiger partial charge >= 0.3 is 0 Å². The van der Waals surface area contributed by atoms with E-state index in [0.29, 0.717) is 23.4 Å². The van der Waals surface area contributed by atoms with Crippen LogP contribution in [0.1, 0.15) is 38.7 Å². The molecule has 1 aromatic rings. The van der Waals surface area contributed by atoms with Crippen LogP contribution in [-0.2, 0) is 16.4 Å². The van der Waals surface area contributed by atoms with E-state index in [1.165, 1.54) is 12.0 Å². The van der Waals surface area contributed by atoms with Crippen molar-refractivity contribution in [2.75, 3.05) is 13.1 Å². The molecule has 2 rings (SSSR count). The van der Waals surface area contributed by atoms with Gasteiger partial charge in [0, 0.05) is 12.6 Å². The molecule has 0 radical (unpaired) electrons. The molecule has 0 aliphatic carbocycles. The van der Waals surface area contributed by atoms with Gasteiger partial charge in [-0.2, -0.15) is 0 Å². The van der Waals surface area contributed by atoms with Gasteiger partial charge in [-0.3, -0.25) is 0 Å². The Labute approximate surface area is 128 Å². The molecule has 1 aromatic carbocycles. The summed E-state index contributed by atoms with van der Waals surface area (Å²) >= 11 is 0. The van der Waals surface area contributed by atoms with Crippen molar-refractivity contribution >= 4 is 10.0 Å². The molecule has 1 unspecified atom stereocenters. The van der Waals surface area contributed by atoms with Crippen molar-refractivity contribution in [1.29, 1.82) is 0 Å². The van der Waals surface area contributed by atoms with Gasteiger partial charge in [0.25, 0.3) is 0 Å². The minimum absolute atomic E-state index is 0.356. The topological polar surface area (TPSA) is 58.2 Å². The highest BCUT2D eigenvalue weighted by Crippen LogP contribution is 2.14. The Kier molecular flexibility index (Phi) is 5.79. The van der Waals surface area contributed by atoms with Gasteiger partial charge in [0.2, 0.25) is 10.0 Å². The lowest BCUT2D eigenvalue weighted by Gasteiger charge is -2.12.